The number of aliphatic carboxylic acids is 1. The van der Waals surface area contributed by atoms with E-state index in [9.17, 15) is 23.1 Å². The summed E-state index contributed by atoms with van der Waals surface area (Å²) in [4.78, 5) is 29.3. The molecule has 0 aromatic heterocycles. The second kappa shape index (κ2) is 13.9. The largest absolute Gasteiger partial charge is 0.483 e. The third-order valence-electron chi connectivity index (χ3n) is 8.22. The highest BCUT2D eigenvalue weighted by Crippen LogP contribution is 2.47. The van der Waals surface area contributed by atoms with Gasteiger partial charge in [-0.25, -0.2) is 13.2 Å². The lowest BCUT2D eigenvalue weighted by molar-refractivity contribution is -0.150. The van der Waals surface area contributed by atoms with Gasteiger partial charge in [0.25, 0.3) is 5.91 Å². The fourth-order valence-electron chi connectivity index (χ4n) is 5.69. The molecule has 4 rings (SSSR count). The Kier molecular flexibility index (Phi) is 10.4. The number of anilines is 2. The van der Waals surface area contributed by atoms with E-state index in [1.807, 2.05) is 42.7 Å². The first-order valence-corrected chi connectivity index (χ1v) is 17.4. The lowest BCUT2D eigenvalue weighted by atomic mass is 9.81. The standard InChI is InChI=1S/C33H40N2O6S2/c1-5-7-18-33(6-2)22-35(25-16-12-9-13-17-25)26-19-28(42-4)27(20-29(26)43(39,40)23-33)41-21-30(36)34(3)31(32(37)38)24-14-10-8-11-15-24/h8-17,19-20,31H,5-7,18,21-23H2,1-4H3,(H,37,38). The predicted molar refractivity (Wildman–Crippen MR) is 171 cm³/mol. The van der Waals surface area contributed by atoms with Gasteiger partial charge in [-0.15, -0.1) is 11.8 Å². The SMILES string of the molecule is CCCCC1(CC)CN(c2ccccc2)c2cc(SC)c(OCC(=O)N(C)C(C(=O)O)c3ccccc3)cc2S(=O)(=O)C1. The second-order valence-corrected chi connectivity index (χ2v) is 13.9. The topological polar surface area (TPSA) is 104 Å². The summed E-state index contributed by atoms with van der Waals surface area (Å²) in [7, 11) is -2.31. The molecule has 230 valence electrons. The number of sulfone groups is 1. The Balaban J connectivity index is 1.72. The number of rotatable bonds is 12. The maximum Gasteiger partial charge on any atom is 0.331 e. The number of benzene rings is 3. The average Bonchev–Trinajstić information content (AvgIpc) is 3.10. The van der Waals surface area contributed by atoms with Crippen LogP contribution in [0.25, 0.3) is 0 Å². The molecule has 10 heteroatoms. The smallest absolute Gasteiger partial charge is 0.331 e. The number of amides is 1. The average molecular weight is 625 g/mol. The first-order chi connectivity index (χ1) is 20.6. The number of nitrogens with zero attached hydrogens (tertiary/aromatic N) is 2. The zero-order chi connectivity index (χ0) is 31.2. The number of fused-ring (bicyclic) bond motifs is 1. The second-order valence-electron chi connectivity index (χ2n) is 11.1. The molecule has 0 fully saturated rings. The van der Waals surface area contributed by atoms with Crippen molar-refractivity contribution in [2.24, 2.45) is 5.41 Å². The maximum absolute atomic E-state index is 14.1. The van der Waals surface area contributed by atoms with Crippen LogP contribution >= 0.6 is 11.8 Å². The van der Waals surface area contributed by atoms with Crippen LogP contribution in [-0.2, 0) is 19.4 Å². The quantitative estimate of drug-likeness (QED) is 0.225. The van der Waals surface area contributed by atoms with Crippen LogP contribution in [0.1, 0.15) is 51.1 Å². The van der Waals surface area contributed by atoms with Crippen molar-refractivity contribution < 1.29 is 27.9 Å². The van der Waals surface area contributed by atoms with E-state index in [4.69, 9.17) is 4.74 Å². The van der Waals surface area contributed by atoms with Gasteiger partial charge in [-0.3, -0.25) is 4.79 Å². The molecule has 3 aromatic rings. The van der Waals surface area contributed by atoms with E-state index in [2.05, 4.69) is 18.7 Å². The summed E-state index contributed by atoms with van der Waals surface area (Å²) in [6, 6.07) is 20.5. The van der Waals surface area contributed by atoms with E-state index >= 15 is 0 Å². The monoisotopic (exact) mass is 624 g/mol. The molecule has 0 bridgehead atoms. The van der Waals surface area contributed by atoms with Crippen LogP contribution in [-0.4, -0.2) is 62.5 Å². The molecular weight excluding hydrogens is 585 g/mol. The molecule has 3 aromatic carbocycles. The van der Waals surface area contributed by atoms with Crippen LogP contribution in [0.15, 0.2) is 82.6 Å². The Morgan fingerprint density at radius 3 is 2.30 bits per heavy atom. The van der Waals surface area contributed by atoms with Crippen molar-refractivity contribution in [1.82, 2.24) is 4.90 Å². The van der Waals surface area contributed by atoms with Crippen LogP contribution < -0.4 is 9.64 Å². The third-order valence-corrected chi connectivity index (χ3v) is 11.0. The fourth-order valence-corrected chi connectivity index (χ4v) is 8.42. The minimum atomic E-state index is -3.74. The molecule has 1 heterocycles. The number of thioether (sulfide) groups is 1. The number of hydrogen-bond donors (Lipinski definition) is 1. The van der Waals surface area contributed by atoms with Crippen LogP contribution in [0.2, 0.25) is 0 Å². The Morgan fingerprint density at radius 1 is 1.07 bits per heavy atom. The van der Waals surface area contributed by atoms with Gasteiger partial charge in [0.05, 0.1) is 21.2 Å². The van der Waals surface area contributed by atoms with Crippen LogP contribution in [0.4, 0.5) is 11.4 Å². The highest BCUT2D eigenvalue weighted by molar-refractivity contribution is 7.98. The number of ether oxygens (including phenoxy) is 1. The Labute approximate surface area is 259 Å². The summed E-state index contributed by atoms with van der Waals surface area (Å²) in [6.07, 6.45) is 5.29. The Morgan fingerprint density at radius 2 is 1.72 bits per heavy atom. The summed E-state index contributed by atoms with van der Waals surface area (Å²) >= 11 is 1.39. The van der Waals surface area contributed by atoms with E-state index in [1.54, 1.807) is 30.3 Å². The molecule has 1 N–H and O–H groups in total. The van der Waals surface area contributed by atoms with Gasteiger partial charge in [-0.2, -0.15) is 0 Å². The maximum atomic E-state index is 14.1. The number of carbonyl (C=O) groups excluding carboxylic acids is 1. The van der Waals surface area contributed by atoms with Gasteiger partial charge in [0.2, 0.25) is 0 Å². The molecule has 1 amide bonds. The van der Waals surface area contributed by atoms with Crippen LogP contribution in [0.5, 0.6) is 5.75 Å². The molecule has 0 aliphatic carbocycles. The van der Waals surface area contributed by atoms with Crippen molar-refractivity contribution in [2.75, 3.05) is 37.1 Å². The highest BCUT2D eigenvalue weighted by Gasteiger charge is 2.42. The van der Waals surface area contributed by atoms with E-state index < -0.39 is 39.8 Å². The van der Waals surface area contributed by atoms with E-state index in [0.29, 0.717) is 22.7 Å². The Bertz CT molecular complexity index is 1530. The van der Waals surface area contributed by atoms with E-state index in [-0.39, 0.29) is 16.4 Å². The molecule has 0 spiro atoms. The van der Waals surface area contributed by atoms with Crippen molar-refractivity contribution in [3.8, 4) is 5.75 Å². The van der Waals surface area contributed by atoms with Crippen molar-refractivity contribution in [1.29, 1.82) is 0 Å². The number of likely N-dealkylation sites (N-methyl/N-ethyl adjacent to an activating group) is 1. The van der Waals surface area contributed by atoms with Crippen molar-refractivity contribution >= 4 is 44.9 Å². The summed E-state index contributed by atoms with van der Waals surface area (Å²) in [5, 5.41) is 9.86. The summed E-state index contributed by atoms with van der Waals surface area (Å²) in [5.41, 5.74) is 1.53. The lowest BCUT2D eigenvalue weighted by Crippen LogP contribution is -2.38. The van der Waals surface area contributed by atoms with Crippen LogP contribution in [0, 0.1) is 5.41 Å². The molecule has 0 saturated carbocycles. The van der Waals surface area contributed by atoms with E-state index in [1.165, 1.54) is 24.9 Å². The van der Waals surface area contributed by atoms with Gasteiger partial charge in [0, 0.05) is 30.8 Å². The number of unbranched alkanes of at least 4 members (excludes halogenated alkanes) is 1. The number of carboxylic acids is 1. The van der Waals surface area contributed by atoms with Gasteiger partial charge in [0.1, 0.15) is 5.75 Å². The molecular formula is C33H40N2O6S2. The minimum Gasteiger partial charge on any atom is -0.483 e. The summed E-state index contributed by atoms with van der Waals surface area (Å²) in [5.74, 6) is -1.42. The Hall–Kier alpha value is -3.50. The molecule has 2 unspecified atom stereocenters. The fraction of sp³-hybridized carbons (Fsp3) is 0.394. The molecule has 2 atom stereocenters. The van der Waals surface area contributed by atoms with Gasteiger partial charge in [0.15, 0.2) is 22.5 Å². The van der Waals surface area contributed by atoms with Gasteiger partial charge >= 0.3 is 5.97 Å². The van der Waals surface area contributed by atoms with E-state index in [0.717, 1.165) is 36.3 Å². The predicted octanol–water partition coefficient (Wildman–Crippen LogP) is 6.58. The molecule has 8 nitrogen and oxygen atoms in total. The minimum absolute atomic E-state index is 0.0178. The third kappa shape index (κ3) is 7.18. The molecule has 1 aliphatic heterocycles. The molecule has 0 saturated heterocycles. The summed E-state index contributed by atoms with van der Waals surface area (Å²) < 4.78 is 34.2. The normalized spacial score (nSPS) is 18.3. The zero-order valence-corrected chi connectivity index (χ0v) is 26.8. The van der Waals surface area contributed by atoms with Gasteiger partial charge in [-0.05, 0) is 42.9 Å². The number of carboxylic acid groups (broad SMARTS) is 1. The first kappa shape index (κ1) is 32.4. The van der Waals surface area contributed by atoms with Gasteiger partial charge in [-0.1, -0.05) is 75.2 Å². The zero-order valence-electron chi connectivity index (χ0n) is 25.2. The van der Waals surface area contributed by atoms with Gasteiger partial charge < -0.3 is 19.6 Å². The van der Waals surface area contributed by atoms with Crippen LogP contribution in [0.3, 0.4) is 0 Å². The van der Waals surface area contributed by atoms with Crippen molar-refractivity contribution in [3.05, 3.63) is 78.4 Å². The van der Waals surface area contributed by atoms with Crippen molar-refractivity contribution in [2.45, 2.75) is 55.4 Å². The molecule has 0 radical (unpaired) electrons. The number of para-hydroxylation sites is 1. The molecule has 43 heavy (non-hydrogen) atoms. The first-order valence-electron chi connectivity index (χ1n) is 14.5. The highest BCUT2D eigenvalue weighted by atomic mass is 32.2. The van der Waals surface area contributed by atoms with Crippen molar-refractivity contribution in [3.63, 3.8) is 0 Å². The summed E-state index contributed by atoms with van der Waals surface area (Å²) in [6.45, 7) is 4.29. The lowest BCUT2D eigenvalue weighted by Gasteiger charge is -2.36. The number of hydrogen-bond acceptors (Lipinski definition) is 7. The number of carbonyl (C=O) groups is 2. The molecule has 1 aliphatic rings.